The molecule has 2 spiro atoms. The summed E-state index contributed by atoms with van der Waals surface area (Å²) in [6.45, 7) is 27.0. The second kappa shape index (κ2) is 10.1. The van der Waals surface area contributed by atoms with Crippen molar-refractivity contribution in [2.24, 2.45) is 78.5 Å². The minimum Gasteiger partial charge on any atom is -0.249 e. The zero-order valence-electron chi connectivity index (χ0n) is 27.1. The predicted octanol–water partition coefficient (Wildman–Crippen LogP) is 10.8. The van der Waals surface area contributed by atoms with Crippen molar-refractivity contribution in [3.63, 3.8) is 0 Å². The zero-order chi connectivity index (χ0) is 28.4. The molecule has 0 heterocycles. The average Bonchev–Trinajstić information content (AvgIpc) is 3.45. The molecule has 0 aromatic heterocycles. The molecule has 220 valence electrons. The fourth-order valence-electron chi connectivity index (χ4n) is 13.0. The van der Waals surface area contributed by atoms with Crippen LogP contribution in [0.15, 0.2) is 22.8 Å². The summed E-state index contributed by atoms with van der Waals surface area (Å²) in [6.07, 6.45) is 20.8. The summed E-state index contributed by atoms with van der Waals surface area (Å²) in [5.41, 5.74) is 2.94. The molecule has 0 saturated heterocycles. The fraction of sp³-hybridized carbons (Fsp3) is 0.892. The smallest absolute Gasteiger partial charge is 0.127 e. The third-order valence-electron chi connectivity index (χ3n) is 14.4. The first-order valence-electron chi connectivity index (χ1n) is 17.1. The quantitative estimate of drug-likeness (QED) is 0.253. The van der Waals surface area contributed by atoms with E-state index in [-0.39, 0.29) is 5.41 Å². The van der Waals surface area contributed by atoms with E-state index < -0.39 is 0 Å². The van der Waals surface area contributed by atoms with Gasteiger partial charge >= 0.3 is 0 Å². The van der Waals surface area contributed by atoms with Gasteiger partial charge in [-0.1, -0.05) is 68.4 Å². The molecule has 0 aromatic rings. The van der Waals surface area contributed by atoms with Gasteiger partial charge < -0.3 is 0 Å². The van der Waals surface area contributed by atoms with Crippen LogP contribution in [0, 0.1) is 68.5 Å². The molecule has 10 atom stereocenters. The Hall–Kier alpha value is -0.920. The van der Waals surface area contributed by atoms with E-state index in [9.17, 15) is 0 Å². The van der Waals surface area contributed by atoms with Crippen molar-refractivity contribution >= 4 is 12.6 Å². The van der Waals surface area contributed by atoms with E-state index >= 15 is 0 Å². The van der Waals surface area contributed by atoms with Crippen LogP contribution >= 0.6 is 0 Å². The molecule has 0 aromatic carbocycles. The molecule has 7 unspecified atom stereocenters. The summed E-state index contributed by atoms with van der Waals surface area (Å²) >= 11 is 0. The number of hydrogen-bond donors (Lipinski definition) is 0. The Bertz CT molecular complexity index is 968. The van der Waals surface area contributed by atoms with Crippen LogP contribution in [0.1, 0.15) is 139 Å². The van der Waals surface area contributed by atoms with E-state index in [2.05, 4.69) is 64.8 Å². The molecule has 2 nitrogen and oxygen atoms in total. The topological polar surface area (TPSA) is 24.7 Å². The maximum absolute atomic E-state index is 4.48. The first-order valence-corrected chi connectivity index (χ1v) is 17.1. The van der Waals surface area contributed by atoms with E-state index in [1.807, 2.05) is 13.8 Å². The summed E-state index contributed by atoms with van der Waals surface area (Å²) in [6, 6.07) is 0. The monoisotopic (exact) mass is 534 g/mol. The van der Waals surface area contributed by atoms with Crippen molar-refractivity contribution in [1.82, 2.24) is 0 Å². The molecule has 0 amide bonds. The second-order valence-electron chi connectivity index (χ2n) is 16.9. The van der Waals surface area contributed by atoms with Crippen molar-refractivity contribution < 1.29 is 0 Å². The summed E-state index contributed by atoms with van der Waals surface area (Å²) in [5.74, 6) is 7.26. The second-order valence-corrected chi connectivity index (χ2v) is 16.9. The van der Waals surface area contributed by atoms with Crippen molar-refractivity contribution in [1.29, 1.82) is 0 Å². The number of hydrogen-bond acceptors (Lipinski definition) is 1. The van der Waals surface area contributed by atoms with Gasteiger partial charge in [-0.15, -0.1) is 0 Å². The number of nitrogens with zero attached hydrogens (tertiary/aromatic N) is 2. The molecule has 2 heteroatoms. The van der Waals surface area contributed by atoms with Crippen molar-refractivity contribution in [3.8, 4) is 0 Å². The highest BCUT2D eigenvalue weighted by molar-refractivity contribution is 5.86. The van der Waals surface area contributed by atoms with Crippen LogP contribution in [-0.2, 0) is 0 Å². The lowest BCUT2D eigenvalue weighted by molar-refractivity contribution is -0.0947. The predicted molar refractivity (Wildman–Crippen MR) is 169 cm³/mol. The van der Waals surface area contributed by atoms with E-state index in [0.29, 0.717) is 16.7 Å². The Balaban J connectivity index is 0.00000151. The third kappa shape index (κ3) is 4.38. The lowest BCUT2D eigenvalue weighted by Gasteiger charge is -2.58. The molecule has 6 saturated carbocycles. The standard InChI is InChI=1S/C35H56N2.C2H6/c1-9-37-30(36-8)21-27(31(2,3)4)23-11-12-25-24(19-23)20-28-26-13-14-29-32(5,6)15-10-16-35(29)22-34(26,35)18-17-33(25,28)7;1-2/h9,23-29H,1,8,10-22H2,2-7H3;1-2H3/t23?,24?,25?,26?,27-,28?,29?,33+,34?,35+;/m0./s1. The number of amidine groups is 1. The Morgan fingerprint density at radius 3 is 2.28 bits per heavy atom. The van der Waals surface area contributed by atoms with Gasteiger partial charge in [-0.3, -0.25) is 0 Å². The molecular formula is C37H62N2. The van der Waals surface area contributed by atoms with Crippen LogP contribution in [0.3, 0.4) is 0 Å². The SMILES string of the molecule is C=CN=C(C[C@@H](C1CCC2C(C1)CC1C3CCC4C(C)(C)CCC[C@@]45CC35CC[C@]21C)C(C)(C)C)N=C.CC. The Labute approximate surface area is 242 Å². The lowest BCUT2D eigenvalue weighted by Crippen LogP contribution is -2.51. The Morgan fingerprint density at radius 1 is 0.897 bits per heavy atom. The summed E-state index contributed by atoms with van der Waals surface area (Å²) < 4.78 is 0. The van der Waals surface area contributed by atoms with Gasteiger partial charge in [-0.2, -0.15) is 0 Å². The molecule has 6 aliphatic rings. The first-order chi connectivity index (χ1) is 18.4. The largest absolute Gasteiger partial charge is 0.249 e. The minimum atomic E-state index is 0.260. The van der Waals surface area contributed by atoms with Crippen LogP contribution in [0.25, 0.3) is 0 Å². The maximum Gasteiger partial charge on any atom is 0.127 e. The molecule has 39 heavy (non-hydrogen) atoms. The molecule has 6 rings (SSSR count). The van der Waals surface area contributed by atoms with Crippen LogP contribution in [-0.4, -0.2) is 12.6 Å². The van der Waals surface area contributed by atoms with Crippen molar-refractivity contribution in [2.75, 3.05) is 0 Å². The molecule has 6 aliphatic carbocycles. The van der Waals surface area contributed by atoms with Gasteiger partial charge in [0.1, 0.15) is 5.84 Å². The molecule has 0 radical (unpaired) electrons. The van der Waals surface area contributed by atoms with E-state index in [1.165, 1.54) is 44.9 Å². The molecule has 0 bridgehead atoms. The highest BCUT2D eigenvalue weighted by Gasteiger charge is 2.79. The van der Waals surface area contributed by atoms with Gasteiger partial charge in [0.05, 0.1) is 0 Å². The minimum absolute atomic E-state index is 0.260. The van der Waals surface area contributed by atoms with Gasteiger partial charge in [0, 0.05) is 12.6 Å². The number of rotatable bonds is 4. The summed E-state index contributed by atoms with van der Waals surface area (Å²) in [7, 11) is 0. The molecule has 6 fully saturated rings. The van der Waals surface area contributed by atoms with Gasteiger partial charge in [-0.25, -0.2) is 9.98 Å². The van der Waals surface area contributed by atoms with Gasteiger partial charge in [0.25, 0.3) is 0 Å². The zero-order valence-corrected chi connectivity index (χ0v) is 27.1. The highest BCUT2D eigenvalue weighted by Crippen LogP contribution is 2.87. The maximum atomic E-state index is 4.48. The van der Waals surface area contributed by atoms with Gasteiger partial charge in [0.15, 0.2) is 0 Å². The summed E-state index contributed by atoms with van der Waals surface area (Å²) in [4.78, 5) is 8.77. The van der Waals surface area contributed by atoms with Crippen molar-refractivity contribution in [2.45, 2.75) is 139 Å². The summed E-state index contributed by atoms with van der Waals surface area (Å²) in [5, 5.41) is 0. The number of fused-ring (bicyclic) bond motifs is 4. The fourth-order valence-corrected chi connectivity index (χ4v) is 13.0. The van der Waals surface area contributed by atoms with Crippen LogP contribution in [0.5, 0.6) is 0 Å². The van der Waals surface area contributed by atoms with Gasteiger partial charge in [-0.05, 0) is 146 Å². The normalized spacial score (nSPS) is 46.6. The van der Waals surface area contributed by atoms with E-state index in [4.69, 9.17) is 0 Å². The Kier molecular flexibility index (Phi) is 7.67. The van der Waals surface area contributed by atoms with Gasteiger partial charge in [0.2, 0.25) is 0 Å². The highest BCUT2D eigenvalue weighted by atomic mass is 14.9. The van der Waals surface area contributed by atoms with Crippen LogP contribution in [0.4, 0.5) is 0 Å². The Morgan fingerprint density at radius 2 is 1.62 bits per heavy atom. The van der Waals surface area contributed by atoms with Crippen LogP contribution < -0.4 is 0 Å². The number of aliphatic imine (C=N–C) groups is 2. The van der Waals surface area contributed by atoms with E-state index in [0.717, 1.165) is 58.6 Å². The third-order valence-corrected chi connectivity index (χ3v) is 14.4. The molecular weight excluding hydrogens is 472 g/mol. The molecule has 0 N–H and O–H groups in total. The van der Waals surface area contributed by atoms with Crippen LogP contribution in [0.2, 0.25) is 0 Å². The lowest BCUT2D eigenvalue weighted by atomic mass is 9.46. The average molecular weight is 535 g/mol. The molecule has 0 aliphatic heterocycles. The van der Waals surface area contributed by atoms with Crippen molar-refractivity contribution in [3.05, 3.63) is 12.8 Å². The first kappa shape index (κ1) is 29.6. The van der Waals surface area contributed by atoms with E-state index in [1.54, 1.807) is 38.3 Å².